The van der Waals surface area contributed by atoms with E-state index in [0.717, 1.165) is 0 Å². The Labute approximate surface area is 92.7 Å². The molecule has 0 spiro atoms. The molecule has 0 aliphatic heterocycles. The maximum atomic E-state index is 11.5. The van der Waals surface area contributed by atoms with Crippen molar-refractivity contribution in [2.24, 2.45) is 5.92 Å². The predicted octanol–water partition coefficient (Wildman–Crippen LogP) is 0.904. The van der Waals surface area contributed by atoms with Gasteiger partial charge in [0.25, 0.3) is 5.89 Å². The van der Waals surface area contributed by atoms with E-state index >= 15 is 0 Å². The number of carboxylic acids is 1. The van der Waals surface area contributed by atoms with Crippen LogP contribution in [0.1, 0.15) is 31.0 Å². The van der Waals surface area contributed by atoms with Gasteiger partial charge >= 0.3 is 11.9 Å². The number of amides is 1. The van der Waals surface area contributed by atoms with Crippen LogP contribution in [0.5, 0.6) is 0 Å². The molecule has 0 aliphatic carbocycles. The minimum absolute atomic E-state index is 0.130. The van der Waals surface area contributed by atoms with Gasteiger partial charge in [-0.3, -0.25) is 4.79 Å². The molecule has 0 fully saturated rings. The molecule has 0 aromatic carbocycles. The van der Waals surface area contributed by atoms with Crippen LogP contribution in [0.4, 0.5) is 0 Å². The van der Waals surface area contributed by atoms with Gasteiger partial charge in [0.2, 0.25) is 0 Å². The highest BCUT2D eigenvalue weighted by Gasteiger charge is 2.26. The van der Waals surface area contributed by atoms with Crippen molar-refractivity contribution in [3.05, 3.63) is 18.4 Å². The average molecular weight is 226 g/mol. The third-order valence-electron chi connectivity index (χ3n) is 2.39. The van der Waals surface area contributed by atoms with Gasteiger partial charge in [-0.25, -0.2) is 9.78 Å². The number of hydrogen-bond donors (Lipinski definition) is 2. The molecule has 6 nitrogen and oxygen atoms in total. The van der Waals surface area contributed by atoms with Gasteiger partial charge in [0.1, 0.15) is 12.3 Å². The second-order valence-corrected chi connectivity index (χ2v) is 3.51. The van der Waals surface area contributed by atoms with Crippen molar-refractivity contribution in [2.45, 2.75) is 26.3 Å². The summed E-state index contributed by atoms with van der Waals surface area (Å²) in [5.41, 5.74) is 0. The summed E-state index contributed by atoms with van der Waals surface area (Å²) in [7, 11) is 0. The van der Waals surface area contributed by atoms with Crippen LogP contribution in [0.2, 0.25) is 0 Å². The van der Waals surface area contributed by atoms with E-state index in [2.05, 4.69) is 10.3 Å². The van der Waals surface area contributed by atoms with Gasteiger partial charge < -0.3 is 14.8 Å². The zero-order valence-electron chi connectivity index (χ0n) is 9.14. The summed E-state index contributed by atoms with van der Waals surface area (Å²) in [6.45, 7) is 3.62. The summed E-state index contributed by atoms with van der Waals surface area (Å²) in [5.74, 6) is -1.96. The molecule has 1 rings (SSSR count). The number of rotatable bonds is 5. The number of aliphatic carboxylic acids is 1. The molecule has 1 aromatic rings. The normalized spacial score (nSPS) is 14.1. The molecule has 1 amide bonds. The molecule has 2 atom stereocenters. The molecule has 0 unspecified atom stereocenters. The lowest BCUT2D eigenvalue weighted by molar-refractivity contribution is -0.140. The molecule has 88 valence electrons. The fourth-order valence-corrected chi connectivity index (χ4v) is 1.22. The molecule has 0 bridgehead atoms. The van der Waals surface area contributed by atoms with E-state index in [1.807, 2.05) is 6.92 Å². The third-order valence-corrected chi connectivity index (χ3v) is 2.39. The first-order chi connectivity index (χ1) is 7.56. The monoisotopic (exact) mass is 226 g/mol. The van der Waals surface area contributed by atoms with Crippen LogP contribution in [0, 0.1) is 5.92 Å². The SMILES string of the molecule is CC[C@H](C)[C@H](NC(=O)c1ncco1)C(=O)O. The molecule has 0 aliphatic rings. The fourth-order valence-electron chi connectivity index (χ4n) is 1.22. The van der Waals surface area contributed by atoms with Crippen LogP contribution in [-0.2, 0) is 4.79 Å². The molecule has 0 saturated heterocycles. The topological polar surface area (TPSA) is 92.4 Å². The molecule has 0 saturated carbocycles. The lowest BCUT2D eigenvalue weighted by Crippen LogP contribution is -2.45. The quantitative estimate of drug-likeness (QED) is 0.778. The van der Waals surface area contributed by atoms with E-state index in [-0.39, 0.29) is 11.8 Å². The summed E-state index contributed by atoms with van der Waals surface area (Å²) >= 11 is 0. The van der Waals surface area contributed by atoms with E-state index in [9.17, 15) is 9.59 Å². The van der Waals surface area contributed by atoms with Crippen LogP contribution >= 0.6 is 0 Å². The summed E-state index contributed by atoms with van der Waals surface area (Å²) in [6.07, 6.45) is 3.24. The first kappa shape index (κ1) is 12.2. The van der Waals surface area contributed by atoms with Crippen LogP contribution in [0.3, 0.4) is 0 Å². The maximum absolute atomic E-state index is 11.5. The highest BCUT2D eigenvalue weighted by atomic mass is 16.4. The van der Waals surface area contributed by atoms with Gasteiger partial charge in [-0.15, -0.1) is 0 Å². The summed E-state index contributed by atoms with van der Waals surface area (Å²) in [6, 6.07) is -0.926. The lowest BCUT2D eigenvalue weighted by atomic mass is 9.99. The fraction of sp³-hybridized carbons (Fsp3) is 0.500. The van der Waals surface area contributed by atoms with Crippen LogP contribution in [0.15, 0.2) is 16.9 Å². The van der Waals surface area contributed by atoms with E-state index < -0.39 is 17.9 Å². The van der Waals surface area contributed by atoms with Crippen molar-refractivity contribution < 1.29 is 19.1 Å². The van der Waals surface area contributed by atoms with Crippen molar-refractivity contribution in [2.75, 3.05) is 0 Å². The molecule has 6 heteroatoms. The maximum Gasteiger partial charge on any atom is 0.326 e. The molecule has 1 aromatic heterocycles. The van der Waals surface area contributed by atoms with Crippen LogP contribution in [-0.4, -0.2) is 28.0 Å². The summed E-state index contributed by atoms with van der Waals surface area (Å²) in [5, 5.41) is 11.3. The number of aromatic nitrogens is 1. The molecule has 0 radical (unpaired) electrons. The third kappa shape index (κ3) is 2.82. The summed E-state index contributed by atoms with van der Waals surface area (Å²) in [4.78, 5) is 26.1. The largest absolute Gasteiger partial charge is 0.480 e. The second kappa shape index (κ2) is 5.29. The van der Waals surface area contributed by atoms with Gasteiger partial charge in [0.15, 0.2) is 0 Å². The van der Waals surface area contributed by atoms with Crippen molar-refractivity contribution in [1.29, 1.82) is 0 Å². The van der Waals surface area contributed by atoms with E-state index in [4.69, 9.17) is 9.52 Å². The first-order valence-corrected chi connectivity index (χ1v) is 4.99. The van der Waals surface area contributed by atoms with Crippen molar-refractivity contribution >= 4 is 11.9 Å². The van der Waals surface area contributed by atoms with E-state index in [1.165, 1.54) is 12.5 Å². The number of carbonyl (C=O) groups is 2. The molecular formula is C10H14N2O4. The Morgan fingerprint density at radius 1 is 1.62 bits per heavy atom. The Bertz CT molecular complexity index is 361. The molecule has 1 heterocycles. The predicted molar refractivity (Wildman–Crippen MR) is 54.8 cm³/mol. The highest BCUT2D eigenvalue weighted by molar-refractivity contribution is 5.92. The van der Waals surface area contributed by atoms with Crippen LogP contribution in [0.25, 0.3) is 0 Å². The minimum Gasteiger partial charge on any atom is -0.480 e. The standard InChI is InChI=1S/C10H14N2O4/c1-3-6(2)7(10(14)15)12-8(13)9-11-4-5-16-9/h4-7H,3H2,1-2H3,(H,12,13)(H,14,15)/t6-,7-/m0/s1. The Kier molecular flexibility index (Phi) is 4.04. The molecule has 16 heavy (non-hydrogen) atoms. The highest BCUT2D eigenvalue weighted by Crippen LogP contribution is 2.08. The number of hydrogen-bond acceptors (Lipinski definition) is 4. The number of carboxylic acid groups (broad SMARTS) is 1. The smallest absolute Gasteiger partial charge is 0.326 e. The van der Waals surface area contributed by atoms with Crippen molar-refractivity contribution in [1.82, 2.24) is 10.3 Å². The number of carbonyl (C=O) groups excluding carboxylic acids is 1. The van der Waals surface area contributed by atoms with Gasteiger partial charge in [-0.2, -0.15) is 0 Å². The Morgan fingerprint density at radius 2 is 2.31 bits per heavy atom. The summed E-state index contributed by atoms with van der Waals surface area (Å²) < 4.78 is 4.77. The van der Waals surface area contributed by atoms with Gasteiger partial charge in [0.05, 0.1) is 6.20 Å². The average Bonchev–Trinajstić information content (AvgIpc) is 2.77. The van der Waals surface area contributed by atoms with Crippen molar-refractivity contribution in [3.8, 4) is 0 Å². The van der Waals surface area contributed by atoms with Gasteiger partial charge in [-0.05, 0) is 5.92 Å². The number of oxazole rings is 1. The minimum atomic E-state index is -1.06. The van der Waals surface area contributed by atoms with Gasteiger partial charge in [-0.1, -0.05) is 20.3 Å². The van der Waals surface area contributed by atoms with Gasteiger partial charge in [0, 0.05) is 0 Å². The second-order valence-electron chi connectivity index (χ2n) is 3.51. The lowest BCUT2D eigenvalue weighted by Gasteiger charge is -2.18. The van der Waals surface area contributed by atoms with Crippen LogP contribution < -0.4 is 5.32 Å². The van der Waals surface area contributed by atoms with E-state index in [0.29, 0.717) is 6.42 Å². The first-order valence-electron chi connectivity index (χ1n) is 4.99. The molecular weight excluding hydrogens is 212 g/mol. The zero-order chi connectivity index (χ0) is 12.1. The Hall–Kier alpha value is -1.85. The number of nitrogens with zero attached hydrogens (tertiary/aromatic N) is 1. The zero-order valence-corrected chi connectivity index (χ0v) is 9.14. The van der Waals surface area contributed by atoms with E-state index in [1.54, 1.807) is 6.92 Å². The molecule has 2 N–H and O–H groups in total. The Morgan fingerprint density at radius 3 is 2.75 bits per heavy atom. The van der Waals surface area contributed by atoms with Crippen molar-refractivity contribution in [3.63, 3.8) is 0 Å². The number of nitrogens with one attached hydrogen (secondary N) is 1. The Balaban J connectivity index is 2.69.